The van der Waals surface area contributed by atoms with Crippen LogP contribution >= 0.6 is 67.1 Å². The van der Waals surface area contributed by atoms with Crippen LogP contribution in [0, 0.1) is 43.3 Å². The molecule has 26 nitrogen and oxygen atoms in total. The Morgan fingerprint density at radius 3 is 1.33 bits per heavy atom. The van der Waals surface area contributed by atoms with E-state index in [2.05, 4.69) is 137 Å². The third-order valence-electron chi connectivity index (χ3n) is 26.2. The normalized spacial score (nSPS) is 23.2. The Bertz CT molecular complexity index is 6330. The van der Waals surface area contributed by atoms with Gasteiger partial charge < -0.3 is 45.6 Å². The predicted molar refractivity (Wildman–Crippen MR) is 533 cm³/mol. The molecule has 6 aromatic heterocycles. The molecule has 0 saturated carbocycles. The smallest absolute Gasteiger partial charge is 0.311 e. The largest absolute Gasteiger partial charge is 0.481 e. The molecule has 15 heterocycles. The molecule has 131 heavy (non-hydrogen) atoms. The van der Waals surface area contributed by atoms with E-state index in [1.807, 2.05) is 135 Å². The number of nitrogens with two attached hydrogens (primary N) is 1. The Hall–Kier alpha value is -9.64. The van der Waals surface area contributed by atoms with Gasteiger partial charge in [0.2, 0.25) is 11.8 Å². The molecule has 6 unspecified atom stereocenters. The van der Waals surface area contributed by atoms with Crippen molar-refractivity contribution in [3.63, 3.8) is 0 Å². The van der Waals surface area contributed by atoms with Gasteiger partial charge in [0.1, 0.15) is 16.6 Å². The summed E-state index contributed by atoms with van der Waals surface area (Å²) >= 11 is 12.0. The summed E-state index contributed by atoms with van der Waals surface area (Å²) in [5, 5.41) is 17.4. The van der Waals surface area contributed by atoms with E-state index in [4.69, 9.17) is 30.9 Å². The average Bonchev–Trinajstić information content (AvgIpc) is 1.63. The number of sulfone groups is 1. The maximum Gasteiger partial charge on any atom is 0.311 e. The van der Waals surface area contributed by atoms with Crippen LogP contribution in [0.15, 0.2) is 167 Å². The van der Waals surface area contributed by atoms with Crippen molar-refractivity contribution in [2.24, 2.45) is 43.3 Å². The fraction of sp³-hybridized carbons (Fsp3) is 0.439. The highest BCUT2D eigenvalue weighted by Crippen LogP contribution is 2.50. The number of aromatic amines is 3. The van der Waals surface area contributed by atoms with Crippen LogP contribution in [-0.2, 0) is 39.8 Å². The van der Waals surface area contributed by atoms with E-state index in [-0.39, 0.29) is 46.4 Å². The van der Waals surface area contributed by atoms with Gasteiger partial charge in [-0.05, 0) is 147 Å². The number of fused-ring (bicyclic) bond motifs is 3. The van der Waals surface area contributed by atoms with Crippen LogP contribution in [0.25, 0.3) is 67.3 Å². The van der Waals surface area contributed by atoms with Crippen LogP contribution < -0.4 is 25.3 Å². The van der Waals surface area contributed by atoms with E-state index in [9.17, 15) is 46.2 Å². The van der Waals surface area contributed by atoms with Gasteiger partial charge in [-0.15, -0.1) is 0 Å². The zero-order valence-corrected chi connectivity index (χ0v) is 82.5. The van der Waals surface area contributed by atoms with Crippen LogP contribution in [0.1, 0.15) is 158 Å². The maximum absolute atomic E-state index is 12.8. The van der Waals surface area contributed by atoms with Crippen molar-refractivity contribution in [2.45, 2.75) is 127 Å². The Kier molecular flexibility index (Phi) is 28.4. The lowest BCUT2D eigenvalue weighted by Crippen LogP contribution is -2.35. The number of carbonyl (C=O) groups excluding carboxylic acids is 5. The Morgan fingerprint density at radius 2 is 0.939 bits per heavy atom. The lowest BCUT2D eigenvalue weighted by molar-refractivity contribution is -0.154. The second-order valence-corrected chi connectivity index (χ2v) is 48.2. The first-order chi connectivity index (χ1) is 62.1. The van der Waals surface area contributed by atoms with Gasteiger partial charge in [0.25, 0.3) is 0 Å². The van der Waals surface area contributed by atoms with E-state index in [1.165, 1.54) is 46.7 Å². The van der Waals surface area contributed by atoms with Crippen LogP contribution in [0.5, 0.6) is 0 Å². The van der Waals surface area contributed by atoms with E-state index >= 15 is 0 Å². The number of nitrogens with zero attached hydrogens (tertiary/aromatic N) is 10. The number of aliphatic carboxylic acids is 2. The number of thioether (sulfide) groups is 3. The van der Waals surface area contributed by atoms with Crippen molar-refractivity contribution in [1.29, 1.82) is 0 Å². The van der Waals surface area contributed by atoms with Crippen molar-refractivity contribution < 1.29 is 56.4 Å². The molecule has 0 aliphatic carbocycles. The highest BCUT2D eigenvalue weighted by molar-refractivity contribution is 9.10. The van der Waals surface area contributed by atoms with Gasteiger partial charge in [0.05, 0.1) is 86.8 Å². The third-order valence-corrected chi connectivity index (χ3v) is 34.5. The molecular weight excluding hydrogens is 1890 g/mol. The van der Waals surface area contributed by atoms with Gasteiger partial charge in [0, 0.05) is 179 Å². The Labute approximate surface area is 795 Å². The van der Waals surface area contributed by atoms with Gasteiger partial charge in [-0.1, -0.05) is 143 Å². The number of H-pyrrole nitrogens is 3. The molecule has 9 aliphatic heterocycles. The number of ketones is 3. The SMILES string of the molecule is CC(C)(C)C(=O)c1c[nH]c2ncc(-c3cccc(N4CCC5(CCS(=O)(=O)C5)C4)c3)nc12.CC(C)(C)C(=O)c1c[nH]c2ncc(-c3cccc(N4CCC5(CCS(=O)C5)C4)c3)nc12.CC(C)(C)C(=O)c1c[nH]c2ncc(-c3cccc(N4CCC5(CCSC5)C4)c3)nc12.Nc1cccc(Br)c1.O=C(O)CC1(C(=O)O)CCSC1.O=C1CC2(CCSC2)C(=O)N1c1cccc(Br)c1. The number of nitrogens with one attached hydrogen (secondary N) is 3. The first kappa shape index (κ1) is 96.0. The first-order valence-electron chi connectivity index (χ1n) is 44.2. The number of benzene rings is 5. The summed E-state index contributed by atoms with van der Waals surface area (Å²) in [6.45, 7) is 23.1. The summed E-state index contributed by atoms with van der Waals surface area (Å²) in [5.74, 6) is 5.88. The molecule has 9 fully saturated rings. The van der Waals surface area contributed by atoms with Gasteiger partial charge in [-0.3, -0.25) is 37.8 Å². The van der Waals surface area contributed by atoms with Gasteiger partial charge in [-0.2, -0.15) is 35.3 Å². The summed E-state index contributed by atoms with van der Waals surface area (Å²) in [4.78, 5) is 130. The number of aromatic nitrogens is 9. The number of amides is 2. The number of hydrogen-bond donors (Lipinski definition) is 6. The highest BCUT2D eigenvalue weighted by Gasteiger charge is 2.54. The van der Waals surface area contributed by atoms with Crippen LogP contribution in [0.4, 0.5) is 28.4 Å². The van der Waals surface area contributed by atoms with Crippen LogP contribution in [0.3, 0.4) is 0 Å². The van der Waals surface area contributed by atoms with Crippen molar-refractivity contribution in [3.05, 3.63) is 184 Å². The molecule has 7 N–H and O–H groups in total. The number of anilines is 5. The van der Waals surface area contributed by atoms with Crippen LogP contribution in [-0.4, -0.2) is 206 Å². The van der Waals surface area contributed by atoms with Gasteiger partial charge in [-0.25, -0.2) is 43.2 Å². The minimum Gasteiger partial charge on any atom is -0.481 e. The molecule has 6 atom stereocenters. The topological polar surface area (TPSA) is 375 Å². The molecule has 20 rings (SSSR count). The number of carboxylic acids is 2. The molecule has 4 spiro atoms. The molecule has 2 amide bonds. The summed E-state index contributed by atoms with van der Waals surface area (Å²) in [6, 6.07) is 40.0. The lowest BCUT2D eigenvalue weighted by atomic mass is 9.84. The molecule has 9 aliphatic rings. The molecule has 0 radical (unpaired) electrons. The van der Waals surface area contributed by atoms with E-state index in [0.29, 0.717) is 97.1 Å². The standard InChI is InChI=1S/C24H28N4O3S.C24H28N4O2S.C24H28N4OS.C13H12BrNO2S.C7H10O4S.C6H6BrN/c1-23(2,3)21(29)18-12-25-22-20(18)27-19(13-26-22)16-5-4-6-17(11-16)28-9-7-24(14-28)8-10-32(30,31)15-24;1-23(2,3)21(29)18-12-25-22-20(18)27-19(13-26-22)16-5-4-6-17(11-16)28-9-7-24(14-28)8-10-31(30)15-24;1-23(2,3)21(29)18-12-25-22-20(18)27-19(13-26-22)16-5-4-6-17(11-16)28-9-7-24(14-28)8-10-30-15-24;14-9-2-1-3-10(6-9)15-11(16)7-13(12(15)17)4-5-18-8-13;8-5(9)3-7(6(10)11)1-2-12-4-7;7-5-2-1-3-6(8)4-5/h4-6,11-13H,7-10,14-15H2,1-3H3,(H,25,26);4-6,11-13H,7-10,14-15H2,1-3H3,(H,25,26);4-6,11-13H,7-10,14-15H2,1-3H3,(H,25,26);1-3,6H,4-5,7-8H2;1-4H2,(H,8,9)(H,10,11);1-4H,8H2. The minimum absolute atomic E-state index is 0.0180. The second-order valence-electron chi connectivity index (χ2n) is 39.3. The molecular formula is C98H112Br2N14O12S5. The summed E-state index contributed by atoms with van der Waals surface area (Å²) in [6.07, 6.45) is 18.3. The Balaban J connectivity index is 0.000000126. The van der Waals surface area contributed by atoms with Crippen molar-refractivity contribution in [2.75, 3.05) is 122 Å². The van der Waals surface area contributed by atoms with Crippen LogP contribution in [0.2, 0.25) is 0 Å². The number of carboxylic acid groups (broad SMARTS) is 2. The first-order valence-corrected chi connectivity index (χ1v) is 52.6. The number of Topliss-reactive ketones (excluding diaryl/α,β-unsaturated/α-hetero) is 3. The number of hydrogen-bond acceptors (Lipinski definition) is 23. The number of imide groups is 1. The van der Waals surface area contributed by atoms with Gasteiger partial charge in [0.15, 0.2) is 44.1 Å². The van der Waals surface area contributed by atoms with Crippen molar-refractivity contribution in [3.8, 4) is 33.8 Å². The number of rotatable bonds is 13. The fourth-order valence-electron chi connectivity index (χ4n) is 18.7. The summed E-state index contributed by atoms with van der Waals surface area (Å²) in [7, 11) is -3.56. The summed E-state index contributed by atoms with van der Waals surface area (Å²) < 4.78 is 37.9. The fourth-order valence-corrected chi connectivity index (χ4v) is 28.0. The zero-order chi connectivity index (χ0) is 93.4. The average molecular weight is 2000 g/mol. The number of halogens is 2. The minimum atomic E-state index is -2.91. The number of nitrogen functional groups attached to an aromatic ring is 1. The lowest BCUT2D eigenvalue weighted by Gasteiger charge is -2.24. The van der Waals surface area contributed by atoms with Crippen molar-refractivity contribution >= 4 is 191 Å². The molecule has 690 valence electrons. The van der Waals surface area contributed by atoms with E-state index in [0.717, 1.165) is 154 Å². The predicted octanol–water partition coefficient (Wildman–Crippen LogP) is 18.8. The second kappa shape index (κ2) is 38.8. The quantitative estimate of drug-likeness (QED) is 0.0355. The summed E-state index contributed by atoms with van der Waals surface area (Å²) in [5.41, 5.74) is 18.8. The van der Waals surface area contributed by atoms with Gasteiger partial charge >= 0.3 is 11.9 Å². The monoisotopic (exact) mass is 1990 g/mol. The maximum atomic E-state index is 12.8. The molecule has 33 heteroatoms. The molecule has 9 saturated heterocycles. The Morgan fingerprint density at radius 1 is 0.511 bits per heavy atom. The third kappa shape index (κ3) is 21.8. The van der Waals surface area contributed by atoms with Crippen molar-refractivity contribution in [1.82, 2.24) is 44.9 Å². The number of carbonyl (C=O) groups is 7. The van der Waals surface area contributed by atoms with E-state index in [1.54, 1.807) is 48.9 Å². The molecule has 11 aromatic rings. The molecule has 0 bridgehead atoms. The molecule has 5 aromatic carbocycles. The highest BCUT2D eigenvalue weighted by atomic mass is 79.9. The zero-order valence-electron chi connectivity index (χ0n) is 75.2. The van der Waals surface area contributed by atoms with E-state index < -0.39 is 59.7 Å².